The van der Waals surface area contributed by atoms with Crippen LogP contribution < -0.4 is 20.7 Å². The normalized spacial score (nSPS) is 22.2. The summed E-state index contributed by atoms with van der Waals surface area (Å²) < 4.78 is 7.57. The van der Waals surface area contributed by atoms with Gasteiger partial charge in [0.05, 0.1) is 13.2 Å². The topological polar surface area (TPSA) is 48.6 Å². The fraction of sp³-hybridized carbons (Fsp3) is 0.600. The van der Waals surface area contributed by atoms with Crippen molar-refractivity contribution in [3.63, 3.8) is 0 Å². The number of hydrogen-bond donors (Lipinski definition) is 3. The van der Waals surface area contributed by atoms with Crippen LogP contribution in [0.5, 0.6) is 5.75 Å². The molecule has 2 fully saturated rings. The first kappa shape index (κ1) is 19.1. The van der Waals surface area contributed by atoms with Crippen LogP contribution in [0.1, 0.15) is 11.6 Å². The van der Waals surface area contributed by atoms with Crippen molar-refractivity contribution >= 4 is 29.9 Å². The summed E-state index contributed by atoms with van der Waals surface area (Å²) in [6.07, 6.45) is 0. The molecule has 0 amide bonds. The molecule has 2 heterocycles. The van der Waals surface area contributed by atoms with E-state index in [0.29, 0.717) is 12.6 Å². The van der Waals surface area contributed by atoms with E-state index >= 15 is 0 Å². The first-order valence-electron chi connectivity index (χ1n) is 7.92. The van der Waals surface area contributed by atoms with Gasteiger partial charge in [-0.15, -0.1) is 0 Å². The molecule has 128 valence electrons. The first-order valence-corrected chi connectivity index (χ1v) is 11.5. The van der Waals surface area contributed by atoms with Crippen LogP contribution in [0.2, 0.25) is 0 Å². The van der Waals surface area contributed by atoms with Crippen molar-refractivity contribution in [2.24, 2.45) is 0 Å². The van der Waals surface area contributed by atoms with Crippen molar-refractivity contribution in [1.29, 1.82) is 0 Å². The molecule has 2 unspecified atom stereocenters. The highest BCUT2D eigenvalue weighted by atomic mass is 32.9. The van der Waals surface area contributed by atoms with Gasteiger partial charge in [0.1, 0.15) is 5.75 Å². The van der Waals surface area contributed by atoms with Gasteiger partial charge >= 0.3 is 0 Å². The SMILES string of the molecule is C1CNCCN1.COc1ccc(C2CNCCN2S[PH+]=S)cc1. The Kier molecular flexibility index (Phi) is 9.38. The smallest absolute Gasteiger partial charge is 0.247 e. The molecule has 5 nitrogen and oxygen atoms in total. The first-order chi connectivity index (χ1) is 11.3. The molecule has 0 bridgehead atoms. The van der Waals surface area contributed by atoms with Crippen LogP contribution in [0.3, 0.4) is 0 Å². The number of hydrogen-bond acceptors (Lipinski definition) is 7. The van der Waals surface area contributed by atoms with Crippen LogP contribution in [0.25, 0.3) is 0 Å². The molecular formula is C15H26N4OPS2+. The van der Waals surface area contributed by atoms with Crippen molar-refractivity contribution in [3.05, 3.63) is 29.8 Å². The van der Waals surface area contributed by atoms with Crippen LogP contribution in [0, 0.1) is 0 Å². The predicted octanol–water partition coefficient (Wildman–Crippen LogP) is 1.52. The third kappa shape index (κ3) is 6.63. The summed E-state index contributed by atoms with van der Waals surface area (Å²) in [5.74, 6) is 0.905. The molecule has 0 saturated carbocycles. The highest BCUT2D eigenvalue weighted by Crippen LogP contribution is 2.34. The number of benzene rings is 1. The summed E-state index contributed by atoms with van der Waals surface area (Å²) in [6.45, 7) is 8.12. The molecule has 3 rings (SSSR count). The van der Waals surface area contributed by atoms with E-state index in [-0.39, 0.29) is 0 Å². The van der Waals surface area contributed by atoms with E-state index in [9.17, 15) is 0 Å². The van der Waals surface area contributed by atoms with Gasteiger partial charge in [0.15, 0.2) is 23.4 Å². The lowest BCUT2D eigenvalue weighted by molar-refractivity contribution is 0.298. The minimum atomic E-state index is 0.412. The monoisotopic (exact) mass is 373 g/mol. The van der Waals surface area contributed by atoms with E-state index in [2.05, 4.69) is 32.4 Å². The summed E-state index contributed by atoms with van der Waals surface area (Å²) in [5.41, 5.74) is 1.32. The number of nitrogens with zero attached hydrogens (tertiary/aromatic N) is 1. The Bertz CT molecular complexity index is 448. The van der Waals surface area contributed by atoms with Crippen LogP contribution in [-0.4, -0.2) is 57.2 Å². The summed E-state index contributed by atoms with van der Waals surface area (Å²) >= 11 is 6.85. The third-order valence-electron chi connectivity index (χ3n) is 3.81. The Morgan fingerprint density at radius 3 is 2.26 bits per heavy atom. The lowest BCUT2D eigenvalue weighted by Crippen LogP contribution is -2.42. The van der Waals surface area contributed by atoms with Gasteiger partial charge in [-0.2, -0.15) is 4.31 Å². The Morgan fingerprint density at radius 2 is 1.74 bits per heavy atom. The van der Waals surface area contributed by atoms with E-state index in [0.717, 1.165) is 51.6 Å². The van der Waals surface area contributed by atoms with Gasteiger partial charge < -0.3 is 20.7 Å². The molecule has 2 atom stereocenters. The quantitative estimate of drug-likeness (QED) is 0.547. The number of ether oxygens (including phenoxy) is 1. The average Bonchev–Trinajstić information content (AvgIpc) is 2.65. The van der Waals surface area contributed by atoms with Gasteiger partial charge in [0, 0.05) is 45.8 Å². The lowest BCUT2D eigenvalue weighted by atomic mass is 10.1. The van der Waals surface area contributed by atoms with Crippen molar-refractivity contribution in [2.45, 2.75) is 6.04 Å². The maximum atomic E-state index is 5.18. The van der Waals surface area contributed by atoms with Crippen molar-refractivity contribution < 1.29 is 4.74 Å². The average molecular weight is 374 g/mol. The lowest BCUT2D eigenvalue weighted by Gasteiger charge is -2.31. The maximum absolute atomic E-state index is 5.18. The summed E-state index contributed by atoms with van der Waals surface area (Å²) in [4.78, 5) is 0. The van der Waals surface area contributed by atoms with E-state index < -0.39 is 0 Å². The minimum Gasteiger partial charge on any atom is -0.497 e. The van der Waals surface area contributed by atoms with E-state index in [1.54, 1.807) is 18.7 Å². The second kappa shape index (κ2) is 11.3. The van der Waals surface area contributed by atoms with E-state index in [1.807, 2.05) is 12.1 Å². The molecule has 0 aromatic heterocycles. The summed E-state index contributed by atoms with van der Waals surface area (Å²) in [5, 5.41) is 9.88. The molecule has 0 aliphatic carbocycles. The molecule has 0 radical (unpaired) electrons. The Balaban J connectivity index is 0.000000268. The third-order valence-corrected chi connectivity index (χ3v) is 6.15. The zero-order chi connectivity index (χ0) is 16.3. The predicted molar refractivity (Wildman–Crippen MR) is 104 cm³/mol. The molecule has 3 N–H and O–H groups in total. The summed E-state index contributed by atoms with van der Waals surface area (Å²) in [6, 6.07) is 8.72. The Labute approximate surface area is 149 Å². The Morgan fingerprint density at radius 1 is 1.09 bits per heavy atom. The molecule has 2 saturated heterocycles. The maximum Gasteiger partial charge on any atom is 0.247 e. The molecule has 0 spiro atoms. The van der Waals surface area contributed by atoms with Crippen LogP contribution in [0.4, 0.5) is 0 Å². The van der Waals surface area contributed by atoms with Gasteiger partial charge in [0.2, 0.25) is 6.56 Å². The van der Waals surface area contributed by atoms with Crippen LogP contribution in [0.15, 0.2) is 24.3 Å². The van der Waals surface area contributed by atoms with Gasteiger partial charge in [-0.1, -0.05) is 12.1 Å². The molecule has 1 aromatic carbocycles. The number of piperazine rings is 2. The highest BCUT2D eigenvalue weighted by molar-refractivity contribution is 8.56. The Hall–Kier alpha value is -0.270. The van der Waals surface area contributed by atoms with Crippen molar-refractivity contribution in [1.82, 2.24) is 20.3 Å². The van der Waals surface area contributed by atoms with Crippen LogP contribution >= 0.6 is 18.1 Å². The summed E-state index contributed by atoms with van der Waals surface area (Å²) in [7, 11) is 1.69. The molecule has 23 heavy (non-hydrogen) atoms. The largest absolute Gasteiger partial charge is 0.497 e. The van der Waals surface area contributed by atoms with Gasteiger partial charge in [-0.25, -0.2) is 0 Å². The molecule has 2 aliphatic heterocycles. The molecule has 2 aliphatic rings. The van der Waals surface area contributed by atoms with E-state index in [4.69, 9.17) is 16.5 Å². The number of nitrogens with one attached hydrogen (secondary N) is 3. The van der Waals surface area contributed by atoms with Gasteiger partial charge in [-0.05, 0) is 17.7 Å². The van der Waals surface area contributed by atoms with Crippen molar-refractivity contribution in [2.75, 3.05) is 52.9 Å². The number of methoxy groups -OCH3 is 1. The van der Waals surface area contributed by atoms with Gasteiger partial charge in [0.25, 0.3) is 0 Å². The van der Waals surface area contributed by atoms with Crippen LogP contribution in [-0.2, 0) is 11.8 Å². The molecule has 1 aromatic rings. The molecule has 8 heteroatoms. The second-order valence-corrected chi connectivity index (χ2v) is 8.67. The number of rotatable bonds is 4. The molecular weight excluding hydrogens is 347 g/mol. The standard InChI is InChI=1S/C11H15N2OPS2.C4H10N2/c1-14-10-4-2-9(3-5-10)11-8-12-6-7-13(11)17-15-16;1-2-6-4-3-5-1/h2-5,11-12H,6-8H2,1H3;5-6H,1-4H2/p+1. The zero-order valence-electron chi connectivity index (χ0n) is 13.5. The second-order valence-electron chi connectivity index (χ2n) is 5.31. The minimum absolute atomic E-state index is 0.412. The van der Waals surface area contributed by atoms with Crippen molar-refractivity contribution in [3.8, 4) is 5.75 Å². The zero-order valence-corrected chi connectivity index (χ0v) is 16.1. The van der Waals surface area contributed by atoms with Gasteiger partial charge in [-0.3, -0.25) is 0 Å². The highest BCUT2D eigenvalue weighted by Gasteiger charge is 2.26. The fourth-order valence-corrected chi connectivity index (χ4v) is 4.96. The van der Waals surface area contributed by atoms with E-state index in [1.165, 1.54) is 5.56 Å². The fourth-order valence-electron chi connectivity index (χ4n) is 2.56.